The first-order valence-electron chi connectivity index (χ1n) is 7.67. The van der Waals surface area contributed by atoms with Gasteiger partial charge in [0.05, 0.1) is 10.6 Å². The number of hydrogen-bond acceptors (Lipinski definition) is 2. The van der Waals surface area contributed by atoms with E-state index in [2.05, 4.69) is 5.32 Å². The van der Waals surface area contributed by atoms with Gasteiger partial charge >= 0.3 is 0 Å². The molecule has 3 nitrogen and oxygen atoms in total. The lowest BCUT2D eigenvalue weighted by Gasteiger charge is -2.39. The van der Waals surface area contributed by atoms with Crippen LogP contribution in [0.1, 0.15) is 42.5 Å². The predicted molar refractivity (Wildman–Crippen MR) is 81.1 cm³/mol. The van der Waals surface area contributed by atoms with E-state index in [1.807, 2.05) is 4.90 Å². The first-order valence-corrected chi connectivity index (χ1v) is 8.04. The molecule has 21 heavy (non-hydrogen) atoms. The molecular weight excluding hydrogens is 291 g/mol. The zero-order valence-corrected chi connectivity index (χ0v) is 12.7. The summed E-state index contributed by atoms with van der Waals surface area (Å²) in [7, 11) is 0. The van der Waals surface area contributed by atoms with Crippen LogP contribution in [0, 0.1) is 5.82 Å². The first-order chi connectivity index (χ1) is 10.2. The van der Waals surface area contributed by atoms with Crippen LogP contribution in [-0.2, 0) is 0 Å². The van der Waals surface area contributed by atoms with Crippen molar-refractivity contribution in [3.63, 3.8) is 0 Å². The Hall–Kier alpha value is -1.13. The Kier molecular flexibility index (Phi) is 4.45. The number of halogens is 2. The summed E-state index contributed by atoms with van der Waals surface area (Å²) in [6.07, 6.45) is 5.41. The molecule has 1 amide bonds. The van der Waals surface area contributed by atoms with Crippen LogP contribution in [-0.4, -0.2) is 36.0 Å². The number of piperidine rings is 1. The summed E-state index contributed by atoms with van der Waals surface area (Å²) in [5.74, 6) is -0.673. The summed E-state index contributed by atoms with van der Waals surface area (Å²) in [6.45, 7) is 1.75. The third-order valence-corrected chi connectivity index (χ3v) is 4.94. The van der Waals surface area contributed by atoms with Gasteiger partial charge in [0.15, 0.2) is 0 Å². The van der Waals surface area contributed by atoms with Gasteiger partial charge in [-0.3, -0.25) is 4.79 Å². The maximum atomic E-state index is 13.6. The van der Waals surface area contributed by atoms with Crippen molar-refractivity contribution in [1.29, 1.82) is 0 Å². The molecule has 0 aliphatic carbocycles. The van der Waals surface area contributed by atoms with Crippen molar-refractivity contribution >= 4 is 17.5 Å². The smallest absolute Gasteiger partial charge is 0.255 e. The molecule has 0 spiro atoms. The third kappa shape index (κ3) is 2.92. The number of nitrogens with one attached hydrogen (secondary N) is 1. The SMILES string of the molecule is O=C(c1cccc(F)c1Cl)N1CCCCC1C1CCCN1. The van der Waals surface area contributed by atoms with E-state index >= 15 is 0 Å². The summed E-state index contributed by atoms with van der Waals surface area (Å²) in [5.41, 5.74) is 0.279. The molecule has 3 rings (SSSR count). The molecule has 114 valence electrons. The highest BCUT2D eigenvalue weighted by molar-refractivity contribution is 6.34. The van der Waals surface area contributed by atoms with E-state index in [-0.39, 0.29) is 22.5 Å². The Morgan fingerprint density at radius 2 is 2.14 bits per heavy atom. The highest BCUT2D eigenvalue weighted by Gasteiger charge is 2.35. The van der Waals surface area contributed by atoms with E-state index in [4.69, 9.17) is 11.6 Å². The van der Waals surface area contributed by atoms with Gasteiger partial charge in [0.2, 0.25) is 0 Å². The van der Waals surface area contributed by atoms with Crippen molar-refractivity contribution in [2.45, 2.75) is 44.2 Å². The fraction of sp³-hybridized carbons (Fsp3) is 0.562. The van der Waals surface area contributed by atoms with Gasteiger partial charge in [-0.05, 0) is 50.8 Å². The quantitative estimate of drug-likeness (QED) is 0.909. The van der Waals surface area contributed by atoms with Crippen molar-refractivity contribution in [3.8, 4) is 0 Å². The monoisotopic (exact) mass is 310 g/mol. The van der Waals surface area contributed by atoms with Gasteiger partial charge in [0, 0.05) is 18.6 Å². The van der Waals surface area contributed by atoms with Crippen LogP contribution in [0.5, 0.6) is 0 Å². The van der Waals surface area contributed by atoms with Gasteiger partial charge in [-0.2, -0.15) is 0 Å². The van der Waals surface area contributed by atoms with Gasteiger partial charge in [-0.1, -0.05) is 17.7 Å². The summed E-state index contributed by atoms with van der Waals surface area (Å²) < 4.78 is 13.6. The van der Waals surface area contributed by atoms with Crippen molar-refractivity contribution in [2.75, 3.05) is 13.1 Å². The van der Waals surface area contributed by atoms with Crippen LogP contribution in [0.25, 0.3) is 0 Å². The molecule has 2 aliphatic heterocycles. The number of benzene rings is 1. The molecule has 0 saturated carbocycles. The second-order valence-corrected chi connectivity index (χ2v) is 6.24. The van der Waals surface area contributed by atoms with Crippen LogP contribution in [0.3, 0.4) is 0 Å². The number of carbonyl (C=O) groups is 1. The average molecular weight is 311 g/mol. The molecule has 1 N–H and O–H groups in total. The number of rotatable bonds is 2. The lowest BCUT2D eigenvalue weighted by Crippen LogP contribution is -2.52. The maximum Gasteiger partial charge on any atom is 0.255 e. The van der Waals surface area contributed by atoms with E-state index in [0.29, 0.717) is 6.04 Å². The number of hydrogen-bond donors (Lipinski definition) is 1. The molecule has 2 atom stereocenters. The van der Waals surface area contributed by atoms with Crippen LogP contribution >= 0.6 is 11.6 Å². The van der Waals surface area contributed by atoms with E-state index < -0.39 is 5.82 Å². The number of carbonyl (C=O) groups excluding carboxylic acids is 1. The first kappa shape index (κ1) is 14.8. The van der Waals surface area contributed by atoms with Gasteiger partial charge < -0.3 is 10.2 Å². The second-order valence-electron chi connectivity index (χ2n) is 5.87. The minimum atomic E-state index is -0.532. The maximum absolute atomic E-state index is 13.6. The number of nitrogens with zero attached hydrogens (tertiary/aromatic N) is 1. The minimum Gasteiger partial charge on any atom is -0.334 e. The summed E-state index contributed by atoms with van der Waals surface area (Å²) in [5, 5.41) is 3.42. The number of likely N-dealkylation sites (tertiary alicyclic amines) is 1. The summed E-state index contributed by atoms with van der Waals surface area (Å²) in [6, 6.07) is 5.00. The Labute approximate surface area is 129 Å². The molecule has 5 heteroatoms. The molecule has 2 saturated heterocycles. The van der Waals surface area contributed by atoms with Gasteiger partial charge in [-0.25, -0.2) is 4.39 Å². The Morgan fingerprint density at radius 3 is 2.90 bits per heavy atom. The highest BCUT2D eigenvalue weighted by atomic mass is 35.5. The van der Waals surface area contributed by atoms with Crippen molar-refractivity contribution < 1.29 is 9.18 Å². The lowest BCUT2D eigenvalue weighted by molar-refractivity contribution is 0.0563. The molecule has 0 bridgehead atoms. The standard InChI is InChI=1S/C16H20ClFN2O/c17-15-11(5-3-6-12(15)18)16(21)20-10-2-1-8-14(20)13-7-4-9-19-13/h3,5-6,13-14,19H,1-2,4,7-10H2. The van der Waals surface area contributed by atoms with Crippen molar-refractivity contribution in [2.24, 2.45) is 0 Å². The topological polar surface area (TPSA) is 32.3 Å². The number of amides is 1. The summed E-state index contributed by atoms with van der Waals surface area (Å²) >= 11 is 5.98. The van der Waals surface area contributed by atoms with Crippen molar-refractivity contribution in [3.05, 3.63) is 34.6 Å². The molecule has 0 aromatic heterocycles. The highest BCUT2D eigenvalue weighted by Crippen LogP contribution is 2.28. The molecule has 2 heterocycles. The van der Waals surface area contributed by atoms with E-state index in [0.717, 1.165) is 45.2 Å². The van der Waals surface area contributed by atoms with Crippen molar-refractivity contribution in [1.82, 2.24) is 10.2 Å². The van der Waals surface area contributed by atoms with E-state index in [9.17, 15) is 9.18 Å². The Balaban J connectivity index is 1.85. The Bertz CT molecular complexity index is 531. The largest absolute Gasteiger partial charge is 0.334 e. The second kappa shape index (κ2) is 6.32. The molecule has 0 radical (unpaired) electrons. The van der Waals surface area contributed by atoms with Gasteiger partial charge in [0.1, 0.15) is 5.82 Å². The molecule has 2 fully saturated rings. The van der Waals surface area contributed by atoms with E-state index in [1.165, 1.54) is 6.07 Å². The molecule has 2 unspecified atom stereocenters. The van der Waals surface area contributed by atoms with Crippen LogP contribution in [0.2, 0.25) is 5.02 Å². The fourth-order valence-corrected chi connectivity index (χ4v) is 3.70. The van der Waals surface area contributed by atoms with Crippen LogP contribution < -0.4 is 5.32 Å². The lowest BCUT2D eigenvalue weighted by atomic mass is 9.93. The zero-order chi connectivity index (χ0) is 14.8. The average Bonchev–Trinajstić information content (AvgIpc) is 3.03. The minimum absolute atomic E-state index is 0.0637. The molecule has 1 aromatic carbocycles. The molecule has 2 aliphatic rings. The zero-order valence-electron chi connectivity index (χ0n) is 11.9. The molecular formula is C16H20ClFN2O. The van der Waals surface area contributed by atoms with Crippen LogP contribution in [0.15, 0.2) is 18.2 Å². The van der Waals surface area contributed by atoms with E-state index in [1.54, 1.807) is 12.1 Å². The third-order valence-electron chi connectivity index (χ3n) is 4.55. The normalized spacial score (nSPS) is 26.1. The Morgan fingerprint density at radius 1 is 1.29 bits per heavy atom. The fourth-order valence-electron chi connectivity index (χ4n) is 3.49. The van der Waals surface area contributed by atoms with Gasteiger partial charge in [0.25, 0.3) is 5.91 Å². The van der Waals surface area contributed by atoms with Crippen LogP contribution in [0.4, 0.5) is 4.39 Å². The predicted octanol–water partition coefficient (Wildman–Crippen LogP) is 3.23. The summed E-state index contributed by atoms with van der Waals surface area (Å²) in [4.78, 5) is 14.7. The van der Waals surface area contributed by atoms with Gasteiger partial charge in [-0.15, -0.1) is 0 Å². The molecule has 1 aromatic rings.